The lowest BCUT2D eigenvalue weighted by Gasteiger charge is -2.15. The van der Waals surface area contributed by atoms with Crippen molar-refractivity contribution < 1.29 is 23.8 Å². The molecule has 4 nitrogen and oxygen atoms in total. The number of Topliss-reactive ketones (excluding diaryl/α,β-unsaturated/α-hetero) is 1. The number of aliphatic hydroxyl groups excluding tert-OH is 1. The largest absolute Gasteiger partial charge is 0.461 e. The maximum absolute atomic E-state index is 13.7. The summed E-state index contributed by atoms with van der Waals surface area (Å²) in [4.78, 5) is 23.4. The van der Waals surface area contributed by atoms with Gasteiger partial charge in [0, 0.05) is 12.8 Å². The highest BCUT2D eigenvalue weighted by Gasteiger charge is 2.17. The van der Waals surface area contributed by atoms with Gasteiger partial charge in [-0.05, 0) is 78.9 Å². The number of ketones is 1. The van der Waals surface area contributed by atoms with Gasteiger partial charge in [-0.25, -0.2) is 9.18 Å². The second kappa shape index (κ2) is 9.85. The van der Waals surface area contributed by atoms with Crippen LogP contribution in [0.2, 0.25) is 0 Å². The summed E-state index contributed by atoms with van der Waals surface area (Å²) in [6.45, 7) is 5.72. The highest BCUT2D eigenvalue weighted by molar-refractivity contribution is 8.13. The highest BCUT2D eigenvalue weighted by atomic mass is 32.2. The second-order valence-corrected chi connectivity index (χ2v) is 7.95. The first-order chi connectivity index (χ1) is 13.2. The number of halogens is 1. The molecular formula is C22H25FO4S. The smallest absolute Gasteiger partial charge is 0.369 e. The van der Waals surface area contributed by atoms with Crippen LogP contribution >= 0.6 is 11.8 Å². The zero-order valence-corrected chi connectivity index (χ0v) is 17.4. The van der Waals surface area contributed by atoms with Crippen LogP contribution in [-0.4, -0.2) is 28.7 Å². The molecule has 0 amide bonds. The van der Waals surface area contributed by atoms with Gasteiger partial charge in [-0.3, -0.25) is 4.79 Å². The number of ether oxygens (including phenoxy) is 1. The van der Waals surface area contributed by atoms with E-state index in [1.807, 2.05) is 26.0 Å². The summed E-state index contributed by atoms with van der Waals surface area (Å²) in [6, 6.07) is 9.12. The van der Waals surface area contributed by atoms with Crippen LogP contribution in [0, 0.1) is 26.6 Å². The Labute approximate surface area is 169 Å². The molecule has 0 bridgehead atoms. The third kappa shape index (κ3) is 5.91. The number of thioether (sulfide) groups is 1. The number of carbonyl (C=O) groups is 2. The van der Waals surface area contributed by atoms with Crippen LogP contribution in [0.3, 0.4) is 0 Å². The third-order valence-corrected chi connectivity index (χ3v) is 5.34. The Morgan fingerprint density at radius 3 is 2.50 bits per heavy atom. The van der Waals surface area contributed by atoms with Crippen molar-refractivity contribution in [2.24, 2.45) is 0 Å². The average Bonchev–Trinajstić information content (AvgIpc) is 2.62. The maximum atomic E-state index is 13.7. The van der Waals surface area contributed by atoms with E-state index in [-0.39, 0.29) is 24.4 Å². The number of aliphatic hydroxyl groups is 1. The van der Waals surface area contributed by atoms with Gasteiger partial charge in [0.15, 0.2) is 0 Å². The number of benzene rings is 2. The molecule has 0 aliphatic carbocycles. The Morgan fingerprint density at radius 1 is 1.14 bits per heavy atom. The van der Waals surface area contributed by atoms with Crippen LogP contribution < -0.4 is 0 Å². The minimum Gasteiger partial charge on any atom is -0.461 e. The third-order valence-electron chi connectivity index (χ3n) is 4.54. The van der Waals surface area contributed by atoms with E-state index in [1.54, 1.807) is 13.0 Å². The number of rotatable bonds is 7. The molecular weight excluding hydrogens is 379 g/mol. The molecule has 0 heterocycles. The summed E-state index contributed by atoms with van der Waals surface area (Å²) >= 11 is 0.596. The first-order valence-electron chi connectivity index (χ1n) is 9.02. The minimum atomic E-state index is -1.11. The Kier molecular flexibility index (Phi) is 7.78. The lowest BCUT2D eigenvalue weighted by atomic mass is 9.90. The van der Waals surface area contributed by atoms with Gasteiger partial charge in [0.2, 0.25) is 0 Å². The van der Waals surface area contributed by atoms with Crippen LogP contribution in [0.15, 0.2) is 30.3 Å². The van der Waals surface area contributed by atoms with Crippen molar-refractivity contribution in [3.63, 3.8) is 0 Å². The lowest BCUT2D eigenvalue weighted by Crippen LogP contribution is -2.13. The van der Waals surface area contributed by atoms with Gasteiger partial charge in [0.25, 0.3) is 0 Å². The molecule has 2 aromatic rings. The second-order valence-electron chi connectivity index (χ2n) is 6.84. The minimum absolute atomic E-state index is 0.115. The van der Waals surface area contributed by atoms with Crippen LogP contribution in [0.4, 0.5) is 9.18 Å². The molecule has 1 N–H and O–H groups in total. The predicted molar refractivity (Wildman–Crippen MR) is 110 cm³/mol. The molecule has 28 heavy (non-hydrogen) atoms. The van der Waals surface area contributed by atoms with Crippen LogP contribution in [0.25, 0.3) is 11.1 Å². The first kappa shape index (κ1) is 22.1. The molecule has 0 saturated heterocycles. The quantitative estimate of drug-likeness (QED) is 0.512. The molecule has 0 fully saturated rings. The van der Waals surface area contributed by atoms with Crippen LogP contribution in [-0.2, 0) is 16.0 Å². The predicted octanol–water partition coefficient (Wildman–Crippen LogP) is 5.13. The highest BCUT2D eigenvalue weighted by Crippen LogP contribution is 2.30. The SMILES string of the molecule is COC(=O)SC(O)CC(=O)CCc1c(C)cc(C)cc1-c1ccc(F)c(C)c1. The fraction of sp³-hybridized carbons (Fsp3) is 0.364. The standard InChI is InChI=1S/C22H25FO4S/c1-13-9-14(2)18(7-6-17(24)12-21(25)28-22(26)27-4)19(10-13)16-5-8-20(23)15(3)11-16/h5,8-11,21,25H,6-7,12H2,1-4H3. The van der Waals surface area contributed by atoms with E-state index in [9.17, 15) is 19.1 Å². The molecule has 0 aromatic heterocycles. The molecule has 1 unspecified atom stereocenters. The van der Waals surface area contributed by atoms with E-state index in [2.05, 4.69) is 10.8 Å². The normalized spacial score (nSPS) is 11.9. The van der Waals surface area contributed by atoms with Crippen molar-refractivity contribution in [1.29, 1.82) is 0 Å². The van der Waals surface area contributed by atoms with Crippen molar-refractivity contribution in [3.05, 3.63) is 58.4 Å². The lowest BCUT2D eigenvalue weighted by molar-refractivity contribution is -0.119. The van der Waals surface area contributed by atoms with E-state index in [0.29, 0.717) is 23.7 Å². The molecule has 0 aliphatic heterocycles. The number of hydrogen-bond donors (Lipinski definition) is 1. The Hall–Kier alpha value is -2.18. The monoisotopic (exact) mass is 404 g/mol. The average molecular weight is 405 g/mol. The molecule has 0 aliphatic rings. The molecule has 0 radical (unpaired) electrons. The fourth-order valence-electron chi connectivity index (χ4n) is 3.16. The molecule has 0 saturated carbocycles. The van der Waals surface area contributed by atoms with Gasteiger partial charge < -0.3 is 9.84 Å². The summed E-state index contributed by atoms with van der Waals surface area (Å²) in [7, 11) is 1.22. The Bertz CT molecular complexity index is 879. The van der Waals surface area contributed by atoms with E-state index >= 15 is 0 Å². The summed E-state index contributed by atoms with van der Waals surface area (Å²) in [5.41, 5.74) is 4.54. The Morgan fingerprint density at radius 2 is 1.86 bits per heavy atom. The van der Waals surface area contributed by atoms with Gasteiger partial charge in [-0.2, -0.15) is 0 Å². The summed E-state index contributed by atoms with van der Waals surface area (Å²) < 4.78 is 18.1. The van der Waals surface area contributed by atoms with Gasteiger partial charge >= 0.3 is 5.30 Å². The van der Waals surface area contributed by atoms with Gasteiger partial charge in [-0.1, -0.05) is 23.8 Å². The van der Waals surface area contributed by atoms with Crippen molar-refractivity contribution in [2.45, 2.75) is 45.5 Å². The number of aryl methyl sites for hydroxylation is 3. The van der Waals surface area contributed by atoms with E-state index in [0.717, 1.165) is 27.8 Å². The van der Waals surface area contributed by atoms with Gasteiger partial charge in [0.1, 0.15) is 17.0 Å². The molecule has 2 aromatic carbocycles. The number of methoxy groups -OCH3 is 1. The van der Waals surface area contributed by atoms with Crippen molar-refractivity contribution in [2.75, 3.05) is 7.11 Å². The van der Waals surface area contributed by atoms with Crippen molar-refractivity contribution in [3.8, 4) is 11.1 Å². The van der Waals surface area contributed by atoms with E-state index in [1.165, 1.54) is 13.2 Å². The maximum Gasteiger partial charge on any atom is 0.369 e. The number of carbonyl (C=O) groups excluding carboxylic acids is 2. The Balaban J connectivity index is 2.18. The van der Waals surface area contributed by atoms with Crippen molar-refractivity contribution in [1.82, 2.24) is 0 Å². The van der Waals surface area contributed by atoms with Crippen LogP contribution in [0.1, 0.15) is 35.1 Å². The number of hydrogen-bond acceptors (Lipinski definition) is 5. The molecule has 1 atom stereocenters. The first-order valence-corrected chi connectivity index (χ1v) is 9.90. The molecule has 150 valence electrons. The topological polar surface area (TPSA) is 63.6 Å². The van der Waals surface area contributed by atoms with E-state index in [4.69, 9.17) is 0 Å². The van der Waals surface area contributed by atoms with Gasteiger partial charge in [0.05, 0.1) is 7.11 Å². The molecule has 6 heteroatoms. The summed E-state index contributed by atoms with van der Waals surface area (Å²) in [5.74, 6) is -0.382. The zero-order chi connectivity index (χ0) is 20.8. The zero-order valence-electron chi connectivity index (χ0n) is 16.5. The molecule has 0 spiro atoms. The summed E-state index contributed by atoms with van der Waals surface area (Å²) in [6.07, 6.45) is 0.637. The fourth-order valence-corrected chi connectivity index (χ4v) is 3.75. The van der Waals surface area contributed by atoms with Crippen molar-refractivity contribution >= 4 is 22.8 Å². The molecule has 2 rings (SSSR count). The summed E-state index contributed by atoms with van der Waals surface area (Å²) in [5, 5.41) is 9.18. The van der Waals surface area contributed by atoms with Gasteiger partial charge in [-0.15, -0.1) is 0 Å². The van der Waals surface area contributed by atoms with Crippen LogP contribution in [0.5, 0.6) is 0 Å². The van der Waals surface area contributed by atoms with E-state index < -0.39 is 10.7 Å².